The fraction of sp³-hybridized carbons (Fsp3) is 0.0625. The monoisotopic (exact) mass is 367 g/mol. The quantitative estimate of drug-likeness (QED) is 0.573. The zero-order valence-electron chi connectivity index (χ0n) is 11.1. The molecule has 6 heteroatoms. The first-order valence-electron chi connectivity index (χ1n) is 6.33. The Balaban J connectivity index is 1.83. The van der Waals surface area contributed by atoms with Crippen molar-refractivity contribution in [3.05, 3.63) is 64.0 Å². The Morgan fingerprint density at radius 1 is 1.00 bits per heavy atom. The van der Waals surface area contributed by atoms with Crippen LogP contribution in [-0.2, 0) is 6.18 Å². The topological polar surface area (TPSA) is 26.0 Å². The second-order valence-corrected chi connectivity index (χ2v) is 5.53. The first-order valence-corrected chi connectivity index (χ1v) is 7.12. The van der Waals surface area contributed by atoms with Crippen molar-refractivity contribution in [3.63, 3.8) is 0 Å². The number of hydrogen-bond donors (Lipinski definition) is 0. The van der Waals surface area contributed by atoms with Gasteiger partial charge in [0.15, 0.2) is 5.58 Å². The smallest absolute Gasteiger partial charge is 0.416 e. The summed E-state index contributed by atoms with van der Waals surface area (Å²) in [6.45, 7) is 0. The molecule has 22 heavy (non-hydrogen) atoms. The molecule has 0 amide bonds. The number of aromatic nitrogens is 1. The molecule has 0 N–H and O–H groups in total. The van der Waals surface area contributed by atoms with Crippen LogP contribution in [0.5, 0.6) is 0 Å². The number of halogens is 4. The lowest BCUT2D eigenvalue weighted by Crippen LogP contribution is -2.03. The largest absolute Gasteiger partial charge is 0.437 e. The van der Waals surface area contributed by atoms with Crippen LogP contribution in [0.25, 0.3) is 23.3 Å². The lowest BCUT2D eigenvalue weighted by molar-refractivity contribution is -0.137. The van der Waals surface area contributed by atoms with E-state index in [0.29, 0.717) is 17.0 Å². The predicted octanol–water partition coefficient (Wildman–Crippen LogP) is 5.78. The van der Waals surface area contributed by atoms with Crippen LogP contribution in [0.15, 0.2) is 51.4 Å². The van der Waals surface area contributed by atoms with Gasteiger partial charge in [0.2, 0.25) is 5.89 Å². The van der Waals surface area contributed by atoms with Crippen LogP contribution in [0.1, 0.15) is 17.0 Å². The van der Waals surface area contributed by atoms with Crippen molar-refractivity contribution >= 4 is 39.2 Å². The zero-order chi connectivity index (χ0) is 15.7. The van der Waals surface area contributed by atoms with Gasteiger partial charge in [-0.3, -0.25) is 0 Å². The van der Waals surface area contributed by atoms with Crippen LogP contribution < -0.4 is 0 Å². The second kappa shape index (κ2) is 5.61. The molecule has 112 valence electrons. The van der Waals surface area contributed by atoms with Crippen LogP contribution in [-0.4, -0.2) is 4.98 Å². The van der Waals surface area contributed by atoms with Crippen LogP contribution >= 0.6 is 15.9 Å². The van der Waals surface area contributed by atoms with E-state index < -0.39 is 11.7 Å². The van der Waals surface area contributed by atoms with Crippen LogP contribution in [0.2, 0.25) is 0 Å². The van der Waals surface area contributed by atoms with E-state index in [4.69, 9.17) is 4.42 Å². The Hall–Kier alpha value is -2.08. The molecule has 0 radical (unpaired) electrons. The Morgan fingerprint density at radius 3 is 2.41 bits per heavy atom. The molecular formula is C16H9BrF3NO. The molecule has 0 aliphatic rings. The summed E-state index contributed by atoms with van der Waals surface area (Å²) in [4.78, 5) is 4.27. The van der Waals surface area contributed by atoms with Gasteiger partial charge in [0, 0.05) is 10.5 Å². The number of hydrogen-bond acceptors (Lipinski definition) is 2. The van der Waals surface area contributed by atoms with E-state index in [0.717, 1.165) is 22.1 Å². The summed E-state index contributed by atoms with van der Waals surface area (Å²) in [7, 11) is 0. The maximum atomic E-state index is 12.5. The minimum absolute atomic E-state index is 0.396. The summed E-state index contributed by atoms with van der Waals surface area (Å²) in [6, 6.07) is 10.4. The number of alkyl halides is 3. The maximum Gasteiger partial charge on any atom is 0.416 e. The Kier molecular flexibility index (Phi) is 3.78. The van der Waals surface area contributed by atoms with Crippen molar-refractivity contribution in [1.82, 2.24) is 4.98 Å². The van der Waals surface area contributed by atoms with Gasteiger partial charge in [-0.25, -0.2) is 4.98 Å². The highest BCUT2D eigenvalue weighted by atomic mass is 79.9. The molecule has 0 saturated heterocycles. The van der Waals surface area contributed by atoms with Gasteiger partial charge < -0.3 is 4.42 Å². The summed E-state index contributed by atoms with van der Waals surface area (Å²) in [5.41, 5.74) is 1.32. The van der Waals surface area contributed by atoms with E-state index in [2.05, 4.69) is 20.9 Å². The van der Waals surface area contributed by atoms with Gasteiger partial charge in [0.1, 0.15) is 5.52 Å². The van der Waals surface area contributed by atoms with Gasteiger partial charge in [0.25, 0.3) is 0 Å². The standard InChI is InChI=1S/C16H9BrF3NO/c17-12-6-7-13-14(9-12)22-15(21-13)8-3-10-1-4-11(5-2-10)16(18,19)20/h1-9H. The molecule has 0 bridgehead atoms. The van der Waals surface area contributed by atoms with Gasteiger partial charge in [-0.1, -0.05) is 28.1 Å². The number of rotatable bonds is 2. The lowest BCUT2D eigenvalue weighted by Gasteiger charge is -2.05. The summed E-state index contributed by atoms with van der Waals surface area (Å²) < 4.78 is 43.8. The zero-order valence-corrected chi connectivity index (χ0v) is 12.6. The minimum atomic E-state index is -4.32. The average Bonchev–Trinajstić information content (AvgIpc) is 2.86. The molecule has 0 fully saturated rings. The van der Waals surface area contributed by atoms with E-state index in [1.807, 2.05) is 12.1 Å². The molecule has 0 saturated carbocycles. The van der Waals surface area contributed by atoms with Crippen molar-refractivity contribution < 1.29 is 17.6 Å². The third-order valence-corrected chi connectivity index (χ3v) is 3.52. The predicted molar refractivity (Wildman–Crippen MR) is 82.1 cm³/mol. The van der Waals surface area contributed by atoms with Gasteiger partial charge in [0.05, 0.1) is 5.56 Å². The number of nitrogens with zero attached hydrogens (tertiary/aromatic N) is 1. The summed E-state index contributed by atoms with van der Waals surface area (Å²) in [5, 5.41) is 0. The Bertz CT molecular complexity index is 835. The van der Waals surface area contributed by atoms with Gasteiger partial charge in [-0.2, -0.15) is 13.2 Å². The molecule has 0 atom stereocenters. The van der Waals surface area contributed by atoms with Crippen molar-refractivity contribution in [2.45, 2.75) is 6.18 Å². The van der Waals surface area contributed by atoms with Crippen molar-refractivity contribution in [3.8, 4) is 0 Å². The van der Waals surface area contributed by atoms with E-state index in [1.54, 1.807) is 18.2 Å². The van der Waals surface area contributed by atoms with E-state index >= 15 is 0 Å². The number of benzene rings is 2. The fourth-order valence-electron chi connectivity index (χ4n) is 1.94. The molecule has 0 spiro atoms. The highest BCUT2D eigenvalue weighted by molar-refractivity contribution is 9.10. The summed E-state index contributed by atoms with van der Waals surface area (Å²) in [6.07, 6.45) is -1.05. The first-order chi connectivity index (χ1) is 10.4. The number of fused-ring (bicyclic) bond motifs is 1. The Labute approximate surface area is 132 Å². The molecule has 2 aromatic carbocycles. The normalized spacial score (nSPS) is 12.4. The van der Waals surface area contributed by atoms with Gasteiger partial charge in [-0.15, -0.1) is 0 Å². The average molecular weight is 368 g/mol. The minimum Gasteiger partial charge on any atom is -0.437 e. The molecule has 0 aliphatic heterocycles. The molecule has 1 aromatic heterocycles. The third-order valence-electron chi connectivity index (χ3n) is 3.02. The highest BCUT2D eigenvalue weighted by Crippen LogP contribution is 2.29. The maximum absolute atomic E-state index is 12.5. The summed E-state index contributed by atoms with van der Waals surface area (Å²) in [5.74, 6) is 0.396. The van der Waals surface area contributed by atoms with Gasteiger partial charge in [-0.05, 0) is 42.0 Å². The summed E-state index contributed by atoms with van der Waals surface area (Å²) >= 11 is 3.34. The second-order valence-electron chi connectivity index (χ2n) is 4.62. The molecule has 0 unspecified atom stereocenters. The first kappa shape index (κ1) is 14.8. The Morgan fingerprint density at radius 2 is 1.73 bits per heavy atom. The molecule has 3 aromatic rings. The lowest BCUT2D eigenvalue weighted by atomic mass is 10.1. The SMILES string of the molecule is FC(F)(F)c1ccc(C=Cc2nc3ccc(Br)cc3o2)cc1. The van der Waals surface area contributed by atoms with Crippen molar-refractivity contribution in [1.29, 1.82) is 0 Å². The van der Waals surface area contributed by atoms with Crippen LogP contribution in [0.3, 0.4) is 0 Å². The molecular weight excluding hydrogens is 359 g/mol. The molecule has 1 heterocycles. The van der Waals surface area contributed by atoms with Crippen molar-refractivity contribution in [2.24, 2.45) is 0 Å². The number of oxazole rings is 1. The van der Waals surface area contributed by atoms with E-state index in [9.17, 15) is 13.2 Å². The molecule has 2 nitrogen and oxygen atoms in total. The van der Waals surface area contributed by atoms with Crippen LogP contribution in [0, 0.1) is 0 Å². The highest BCUT2D eigenvalue weighted by Gasteiger charge is 2.29. The van der Waals surface area contributed by atoms with Gasteiger partial charge >= 0.3 is 6.18 Å². The molecule has 3 rings (SSSR count). The van der Waals surface area contributed by atoms with Crippen molar-refractivity contribution in [2.75, 3.05) is 0 Å². The fourth-order valence-corrected chi connectivity index (χ4v) is 2.28. The van der Waals surface area contributed by atoms with E-state index in [1.165, 1.54) is 12.1 Å². The third kappa shape index (κ3) is 3.22. The van der Waals surface area contributed by atoms with E-state index in [-0.39, 0.29) is 0 Å². The molecule has 0 aliphatic carbocycles. The van der Waals surface area contributed by atoms with Crippen LogP contribution in [0.4, 0.5) is 13.2 Å².